The molecule has 1 aliphatic heterocycles. The Morgan fingerprint density at radius 2 is 1.85 bits per heavy atom. The van der Waals surface area contributed by atoms with Crippen LogP contribution in [-0.4, -0.2) is 10.9 Å². The molecule has 2 N–H and O–H groups in total. The maximum atomic E-state index is 5.86. The fraction of sp³-hybridized carbons (Fsp3) is 0.294. The van der Waals surface area contributed by atoms with Gasteiger partial charge < -0.3 is 5.73 Å². The van der Waals surface area contributed by atoms with E-state index in [2.05, 4.69) is 48.2 Å². The van der Waals surface area contributed by atoms with E-state index in [0.717, 1.165) is 25.2 Å². The molecule has 2 aromatic rings. The van der Waals surface area contributed by atoms with Crippen molar-refractivity contribution in [2.75, 3.05) is 5.73 Å². The third kappa shape index (κ3) is 3.14. The molecule has 0 radical (unpaired) electrons. The number of fused-ring (bicyclic) bond motifs is 1. The highest BCUT2D eigenvalue weighted by Gasteiger charge is 2.22. The molecule has 0 aromatic heterocycles. The number of halogens is 1. The zero-order valence-corrected chi connectivity index (χ0v) is 12.6. The van der Waals surface area contributed by atoms with Crippen molar-refractivity contribution in [1.29, 1.82) is 0 Å². The lowest BCUT2D eigenvalue weighted by atomic mass is 9.94. The monoisotopic (exact) mass is 288 g/mol. The molecule has 1 atom stereocenters. The van der Waals surface area contributed by atoms with Crippen molar-refractivity contribution in [2.24, 2.45) is 0 Å². The van der Waals surface area contributed by atoms with Crippen LogP contribution in [-0.2, 0) is 19.5 Å². The van der Waals surface area contributed by atoms with Crippen LogP contribution < -0.4 is 5.73 Å². The lowest BCUT2D eigenvalue weighted by Gasteiger charge is -2.35. The van der Waals surface area contributed by atoms with Gasteiger partial charge in [0.25, 0.3) is 0 Å². The van der Waals surface area contributed by atoms with Crippen molar-refractivity contribution < 1.29 is 0 Å². The van der Waals surface area contributed by atoms with E-state index in [4.69, 9.17) is 5.73 Å². The van der Waals surface area contributed by atoms with Gasteiger partial charge in [-0.15, -0.1) is 12.4 Å². The fourth-order valence-corrected chi connectivity index (χ4v) is 2.87. The normalized spacial score (nSPS) is 18.1. The molecule has 0 aliphatic carbocycles. The average molecular weight is 289 g/mol. The molecule has 0 bridgehead atoms. The summed E-state index contributed by atoms with van der Waals surface area (Å²) in [6.07, 6.45) is 1.14. The predicted molar refractivity (Wildman–Crippen MR) is 87.0 cm³/mol. The van der Waals surface area contributed by atoms with E-state index in [1.54, 1.807) is 0 Å². The van der Waals surface area contributed by atoms with Gasteiger partial charge in [0.2, 0.25) is 0 Å². The minimum absolute atomic E-state index is 0. The lowest BCUT2D eigenvalue weighted by Crippen LogP contribution is -2.37. The Hall–Kier alpha value is -1.51. The van der Waals surface area contributed by atoms with Gasteiger partial charge in [-0.2, -0.15) is 0 Å². The van der Waals surface area contributed by atoms with Gasteiger partial charge in [0.1, 0.15) is 0 Å². The summed E-state index contributed by atoms with van der Waals surface area (Å²) in [6.45, 7) is 4.31. The van der Waals surface area contributed by atoms with Crippen LogP contribution in [0.15, 0.2) is 48.5 Å². The standard InChI is InChI=1S/C17H20N2.ClH/c1-13-9-15-6-2-3-7-16(15)12-19(13)11-14-5-4-8-17(18)10-14;/h2-8,10,13H,9,11-12,18H2,1H3;1H. The van der Waals surface area contributed by atoms with Crippen LogP contribution in [0.2, 0.25) is 0 Å². The van der Waals surface area contributed by atoms with Crippen molar-refractivity contribution in [3.63, 3.8) is 0 Å². The highest BCUT2D eigenvalue weighted by atomic mass is 35.5. The minimum atomic E-state index is 0. The summed E-state index contributed by atoms with van der Waals surface area (Å²) in [6, 6.07) is 17.6. The van der Waals surface area contributed by atoms with Crippen LogP contribution in [0, 0.1) is 0 Å². The summed E-state index contributed by atoms with van der Waals surface area (Å²) in [4.78, 5) is 2.52. The number of nitrogens with two attached hydrogens (primary N) is 1. The Morgan fingerprint density at radius 1 is 1.10 bits per heavy atom. The van der Waals surface area contributed by atoms with Crippen molar-refractivity contribution in [1.82, 2.24) is 4.90 Å². The van der Waals surface area contributed by atoms with E-state index in [0.29, 0.717) is 6.04 Å². The lowest BCUT2D eigenvalue weighted by molar-refractivity contribution is 0.175. The van der Waals surface area contributed by atoms with Crippen LogP contribution in [0.4, 0.5) is 5.69 Å². The molecular formula is C17H21ClN2. The molecule has 0 fully saturated rings. The smallest absolute Gasteiger partial charge is 0.0317 e. The first-order valence-corrected chi connectivity index (χ1v) is 6.87. The van der Waals surface area contributed by atoms with Gasteiger partial charge in [0.05, 0.1) is 0 Å². The molecular weight excluding hydrogens is 268 g/mol. The van der Waals surface area contributed by atoms with Crippen LogP contribution >= 0.6 is 12.4 Å². The molecule has 106 valence electrons. The SMILES string of the molecule is CC1Cc2ccccc2CN1Cc1cccc(N)c1.Cl. The number of anilines is 1. The molecule has 1 heterocycles. The Balaban J connectivity index is 0.00000147. The number of nitrogen functional groups attached to an aromatic ring is 1. The minimum Gasteiger partial charge on any atom is -0.399 e. The second kappa shape index (κ2) is 6.29. The van der Waals surface area contributed by atoms with Gasteiger partial charge in [-0.25, -0.2) is 0 Å². The van der Waals surface area contributed by atoms with E-state index < -0.39 is 0 Å². The van der Waals surface area contributed by atoms with Crippen molar-refractivity contribution in [2.45, 2.75) is 32.5 Å². The van der Waals surface area contributed by atoms with E-state index in [1.807, 2.05) is 12.1 Å². The van der Waals surface area contributed by atoms with Crippen LogP contribution in [0.5, 0.6) is 0 Å². The van der Waals surface area contributed by atoms with Gasteiger partial charge in [0.15, 0.2) is 0 Å². The van der Waals surface area contributed by atoms with E-state index in [9.17, 15) is 0 Å². The summed E-state index contributed by atoms with van der Waals surface area (Å²) < 4.78 is 0. The second-order valence-electron chi connectivity index (χ2n) is 5.47. The van der Waals surface area contributed by atoms with Gasteiger partial charge in [0, 0.05) is 24.8 Å². The van der Waals surface area contributed by atoms with Crippen LogP contribution in [0.25, 0.3) is 0 Å². The molecule has 20 heavy (non-hydrogen) atoms. The first-order chi connectivity index (χ1) is 9.22. The Labute approximate surface area is 127 Å². The summed E-state index contributed by atoms with van der Waals surface area (Å²) >= 11 is 0. The first-order valence-electron chi connectivity index (χ1n) is 6.87. The third-order valence-corrected chi connectivity index (χ3v) is 3.97. The molecule has 0 saturated heterocycles. The Morgan fingerprint density at radius 3 is 2.60 bits per heavy atom. The molecule has 2 aromatic carbocycles. The van der Waals surface area contributed by atoms with E-state index in [1.165, 1.54) is 16.7 Å². The van der Waals surface area contributed by atoms with Crippen LogP contribution in [0.1, 0.15) is 23.6 Å². The number of hydrogen-bond donors (Lipinski definition) is 1. The molecule has 0 spiro atoms. The molecule has 2 nitrogen and oxygen atoms in total. The Bertz CT molecular complexity index is 583. The van der Waals surface area contributed by atoms with Gasteiger partial charge in [-0.05, 0) is 42.2 Å². The topological polar surface area (TPSA) is 29.3 Å². The average Bonchev–Trinajstić information content (AvgIpc) is 2.40. The highest BCUT2D eigenvalue weighted by molar-refractivity contribution is 5.85. The van der Waals surface area contributed by atoms with Crippen molar-refractivity contribution in [3.05, 3.63) is 65.2 Å². The number of benzene rings is 2. The second-order valence-corrected chi connectivity index (χ2v) is 5.47. The maximum Gasteiger partial charge on any atom is 0.0317 e. The molecule has 1 unspecified atom stereocenters. The van der Waals surface area contributed by atoms with E-state index in [-0.39, 0.29) is 12.4 Å². The fourth-order valence-electron chi connectivity index (χ4n) is 2.87. The summed E-state index contributed by atoms with van der Waals surface area (Å²) in [5.74, 6) is 0. The third-order valence-electron chi connectivity index (χ3n) is 3.97. The first kappa shape index (κ1) is 14.9. The maximum absolute atomic E-state index is 5.86. The van der Waals surface area contributed by atoms with Crippen molar-refractivity contribution >= 4 is 18.1 Å². The Kier molecular flexibility index (Phi) is 4.69. The highest BCUT2D eigenvalue weighted by Crippen LogP contribution is 2.24. The molecule has 0 amide bonds. The largest absolute Gasteiger partial charge is 0.399 e. The van der Waals surface area contributed by atoms with Gasteiger partial charge in [-0.3, -0.25) is 4.90 Å². The predicted octanol–water partition coefficient (Wildman–Crippen LogP) is 3.64. The molecule has 3 heteroatoms. The number of rotatable bonds is 2. The molecule has 0 saturated carbocycles. The number of nitrogens with zero attached hydrogens (tertiary/aromatic N) is 1. The quantitative estimate of drug-likeness (QED) is 0.855. The molecule has 3 rings (SSSR count). The molecule has 1 aliphatic rings. The zero-order chi connectivity index (χ0) is 13.2. The van der Waals surface area contributed by atoms with Gasteiger partial charge >= 0.3 is 0 Å². The van der Waals surface area contributed by atoms with E-state index >= 15 is 0 Å². The zero-order valence-electron chi connectivity index (χ0n) is 11.8. The number of hydrogen-bond acceptors (Lipinski definition) is 2. The summed E-state index contributed by atoms with van der Waals surface area (Å²) in [7, 11) is 0. The summed E-state index contributed by atoms with van der Waals surface area (Å²) in [5, 5.41) is 0. The van der Waals surface area contributed by atoms with Gasteiger partial charge in [-0.1, -0.05) is 36.4 Å². The van der Waals surface area contributed by atoms with Crippen LogP contribution in [0.3, 0.4) is 0 Å². The summed E-state index contributed by atoms with van der Waals surface area (Å²) in [5.41, 5.74) is 11.0. The van der Waals surface area contributed by atoms with Crippen molar-refractivity contribution in [3.8, 4) is 0 Å².